The number of amides is 3. The minimum absolute atomic E-state index is 0.0684. The van der Waals surface area contributed by atoms with Crippen LogP contribution in [0.15, 0.2) is 0 Å². The Bertz CT molecular complexity index is 704. The lowest BCUT2D eigenvalue weighted by Crippen LogP contribution is -2.66. The Morgan fingerprint density at radius 1 is 0.969 bits per heavy atom. The maximum absolute atomic E-state index is 12.7. The molecule has 0 aromatic rings. The monoisotopic (exact) mass is 475 g/mol. The van der Waals surface area contributed by atoms with Gasteiger partial charge in [0, 0.05) is 34.2 Å². The van der Waals surface area contributed by atoms with Gasteiger partial charge in [-0.2, -0.15) is 11.8 Å². The second kappa shape index (κ2) is 13.3. The van der Waals surface area contributed by atoms with Crippen LogP contribution in [0.2, 0.25) is 0 Å². The van der Waals surface area contributed by atoms with Crippen molar-refractivity contribution in [3.05, 3.63) is 0 Å². The minimum Gasteiger partial charge on any atom is -0.456 e. The summed E-state index contributed by atoms with van der Waals surface area (Å²) in [6, 6.07) is -1.49. The molecule has 3 N–H and O–H groups in total. The van der Waals surface area contributed by atoms with Crippen molar-refractivity contribution in [1.29, 1.82) is 0 Å². The van der Waals surface area contributed by atoms with Crippen LogP contribution in [0, 0.1) is 0 Å². The maximum atomic E-state index is 12.7. The number of rotatable bonds is 10. The van der Waals surface area contributed by atoms with E-state index in [-0.39, 0.29) is 18.4 Å². The number of hydrogen-bond donors (Lipinski definition) is 3. The second-order valence-corrected chi connectivity index (χ2v) is 8.52. The van der Waals surface area contributed by atoms with Crippen molar-refractivity contribution in [2.24, 2.45) is 0 Å². The Labute approximate surface area is 192 Å². The SMILES string of the molecule is CSCCC(NC(C)=O)C(=O)NCC1OC(C)C(NC(C)=O)C(OC(C)=O)C1OC(C)=O. The van der Waals surface area contributed by atoms with Crippen molar-refractivity contribution < 1.29 is 38.2 Å². The summed E-state index contributed by atoms with van der Waals surface area (Å²) in [7, 11) is 0. The number of carbonyl (C=O) groups is 5. The van der Waals surface area contributed by atoms with E-state index in [4.69, 9.17) is 14.2 Å². The average Bonchev–Trinajstić information content (AvgIpc) is 2.67. The summed E-state index contributed by atoms with van der Waals surface area (Å²) in [5.74, 6) is -1.72. The lowest BCUT2D eigenvalue weighted by Gasteiger charge is -2.44. The first-order valence-corrected chi connectivity index (χ1v) is 11.7. The van der Waals surface area contributed by atoms with Gasteiger partial charge < -0.3 is 30.2 Å². The summed E-state index contributed by atoms with van der Waals surface area (Å²) >= 11 is 1.54. The molecule has 1 fully saturated rings. The Morgan fingerprint density at radius 2 is 1.56 bits per heavy atom. The first-order chi connectivity index (χ1) is 15.0. The Morgan fingerprint density at radius 3 is 2.06 bits per heavy atom. The van der Waals surface area contributed by atoms with Gasteiger partial charge in [0.05, 0.1) is 12.1 Å². The molecule has 11 nitrogen and oxygen atoms in total. The van der Waals surface area contributed by atoms with E-state index in [9.17, 15) is 24.0 Å². The van der Waals surface area contributed by atoms with E-state index in [2.05, 4.69) is 16.0 Å². The highest BCUT2D eigenvalue weighted by Crippen LogP contribution is 2.26. The van der Waals surface area contributed by atoms with Crippen molar-refractivity contribution in [2.75, 3.05) is 18.6 Å². The summed E-state index contributed by atoms with van der Waals surface area (Å²) in [5, 5.41) is 7.99. The fraction of sp³-hybridized carbons (Fsp3) is 0.750. The highest BCUT2D eigenvalue weighted by atomic mass is 32.2. The number of hydrogen-bond acceptors (Lipinski definition) is 9. The summed E-state index contributed by atoms with van der Waals surface area (Å²) < 4.78 is 16.7. The molecular weight excluding hydrogens is 442 g/mol. The Hall–Kier alpha value is -2.34. The van der Waals surface area contributed by atoms with Gasteiger partial charge in [0.25, 0.3) is 0 Å². The minimum atomic E-state index is -1.07. The summed E-state index contributed by atoms with van der Waals surface area (Å²) in [4.78, 5) is 59.2. The number of esters is 2. The summed E-state index contributed by atoms with van der Waals surface area (Å²) in [6.45, 7) is 6.64. The van der Waals surface area contributed by atoms with E-state index in [1.165, 1.54) is 27.7 Å². The molecule has 32 heavy (non-hydrogen) atoms. The van der Waals surface area contributed by atoms with E-state index >= 15 is 0 Å². The average molecular weight is 476 g/mol. The van der Waals surface area contributed by atoms with Gasteiger partial charge in [-0.1, -0.05) is 0 Å². The molecule has 1 saturated heterocycles. The molecule has 182 valence electrons. The maximum Gasteiger partial charge on any atom is 0.303 e. The van der Waals surface area contributed by atoms with E-state index < -0.39 is 54.3 Å². The molecule has 1 aliphatic rings. The number of nitrogens with one attached hydrogen (secondary N) is 3. The van der Waals surface area contributed by atoms with Crippen molar-refractivity contribution >= 4 is 41.4 Å². The van der Waals surface area contributed by atoms with Crippen LogP contribution < -0.4 is 16.0 Å². The van der Waals surface area contributed by atoms with Gasteiger partial charge in [-0.15, -0.1) is 0 Å². The normalized spacial score (nSPS) is 25.8. The number of thioether (sulfide) groups is 1. The lowest BCUT2D eigenvalue weighted by molar-refractivity contribution is -0.212. The number of carbonyl (C=O) groups excluding carboxylic acids is 5. The van der Waals surface area contributed by atoms with Gasteiger partial charge in [0.15, 0.2) is 12.2 Å². The molecule has 0 bridgehead atoms. The standard InChI is InChI=1S/C20H33N3O8S/c1-10-17(23-12(3)25)19(31-14(5)27)18(30-13(4)26)16(29-10)9-21-20(28)15(7-8-32-6)22-11(2)24/h10,15-19H,7-9H2,1-6H3,(H,21,28)(H,22,24)(H,23,25). The van der Waals surface area contributed by atoms with Crippen molar-refractivity contribution in [3.8, 4) is 0 Å². The zero-order valence-electron chi connectivity index (χ0n) is 19.3. The van der Waals surface area contributed by atoms with Crippen LogP contribution in [-0.4, -0.2) is 84.7 Å². The van der Waals surface area contributed by atoms with E-state index in [0.717, 1.165) is 0 Å². The van der Waals surface area contributed by atoms with Crippen LogP contribution in [-0.2, 0) is 38.2 Å². The lowest BCUT2D eigenvalue weighted by atomic mass is 9.92. The first-order valence-electron chi connectivity index (χ1n) is 10.3. The molecule has 1 heterocycles. The molecule has 6 unspecified atom stereocenters. The second-order valence-electron chi connectivity index (χ2n) is 7.53. The smallest absolute Gasteiger partial charge is 0.303 e. The molecule has 0 aromatic carbocycles. The predicted octanol–water partition coefficient (Wildman–Crippen LogP) is -0.484. The van der Waals surface area contributed by atoms with Crippen molar-refractivity contribution in [3.63, 3.8) is 0 Å². The molecular formula is C20H33N3O8S. The van der Waals surface area contributed by atoms with Gasteiger partial charge in [-0.05, 0) is 25.4 Å². The molecule has 0 radical (unpaired) electrons. The van der Waals surface area contributed by atoms with Crippen LogP contribution in [0.5, 0.6) is 0 Å². The predicted molar refractivity (Wildman–Crippen MR) is 117 cm³/mol. The molecule has 0 spiro atoms. The third-order valence-corrected chi connectivity index (χ3v) is 5.34. The molecule has 1 rings (SSSR count). The molecule has 0 aliphatic carbocycles. The summed E-state index contributed by atoms with van der Waals surface area (Å²) in [6.07, 6.45) is -1.23. The fourth-order valence-electron chi connectivity index (χ4n) is 3.46. The molecule has 0 aromatic heterocycles. The van der Waals surface area contributed by atoms with Crippen LogP contribution in [0.25, 0.3) is 0 Å². The molecule has 0 saturated carbocycles. The topological polar surface area (TPSA) is 149 Å². The van der Waals surface area contributed by atoms with Gasteiger partial charge in [0.2, 0.25) is 17.7 Å². The molecule has 6 atom stereocenters. The largest absolute Gasteiger partial charge is 0.456 e. The van der Waals surface area contributed by atoms with Crippen LogP contribution in [0.1, 0.15) is 41.0 Å². The van der Waals surface area contributed by atoms with Gasteiger partial charge >= 0.3 is 11.9 Å². The van der Waals surface area contributed by atoms with Crippen LogP contribution >= 0.6 is 11.8 Å². The van der Waals surface area contributed by atoms with Gasteiger partial charge in [-0.25, -0.2) is 0 Å². The van der Waals surface area contributed by atoms with Crippen molar-refractivity contribution in [2.45, 2.75) is 77.5 Å². The van der Waals surface area contributed by atoms with E-state index in [1.54, 1.807) is 18.7 Å². The third-order valence-electron chi connectivity index (χ3n) is 4.70. The Balaban J connectivity index is 3.05. The summed E-state index contributed by atoms with van der Waals surface area (Å²) in [5.41, 5.74) is 0. The van der Waals surface area contributed by atoms with Gasteiger partial charge in [0.1, 0.15) is 12.1 Å². The van der Waals surface area contributed by atoms with E-state index in [0.29, 0.717) is 12.2 Å². The van der Waals surface area contributed by atoms with E-state index in [1.807, 2.05) is 6.26 Å². The first kappa shape index (κ1) is 27.7. The van der Waals surface area contributed by atoms with Crippen LogP contribution in [0.4, 0.5) is 0 Å². The number of ether oxygens (including phenoxy) is 3. The molecule has 12 heteroatoms. The highest BCUT2D eigenvalue weighted by Gasteiger charge is 2.48. The van der Waals surface area contributed by atoms with Gasteiger partial charge in [-0.3, -0.25) is 24.0 Å². The Kier molecular flexibility index (Phi) is 11.5. The molecule has 3 amide bonds. The zero-order valence-corrected chi connectivity index (χ0v) is 20.1. The van der Waals surface area contributed by atoms with Crippen LogP contribution in [0.3, 0.4) is 0 Å². The van der Waals surface area contributed by atoms with Crippen molar-refractivity contribution in [1.82, 2.24) is 16.0 Å². The third kappa shape index (κ3) is 9.03. The highest BCUT2D eigenvalue weighted by molar-refractivity contribution is 7.98. The quantitative estimate of drug-likeness (QED) is 0.356. The fourth-order valence-corrected chi connectivity index (χ4v) is 3.93. The zero-order chi connectivity index (χ0) is 24.4. The molecule has 1 aliphatic heterocycles.